The van der Waals surface area contributed by atoms with Crippen molar-refractivity contribution in [2.24, 2.45) is 5.73 Å². The van der Waals surface area contributed by atoms with Crippen LogP contribution in [0.4, 0.5) is 0 Å². The van der Waals surface area contributed by atoms with E-state index in [1.807, 2.05) is 28.8 Å². The van der Waals surface area contributed by atoms with Crippen LogP contribution >= 0.6 is 11.3 Å². The predicted octanol–water partition coefficient (Wildman–Crippen LogP) is 0.617. The van der Waals surface area contributed by atoms with Crippen LogP contribution in [0.15, 0.2) is 29.8 Å². The molecule has 0 spiro atoms. The van der Waals surface area contributed by atoms with Crippen LogP contribution in [-0.4, -0.2) is 32.0 Å². The monoisotopic (exact) mass is 302 g/mol. The highest BCUT2D eigenvalue weighted by atomic mass is 32.1. The largest absolute Gasteiger partial charge is 0.350 e. The van der Waals surface area contributed by atoms with Gasteiger partial charge in [0.15, 0.2) is 5.65 Å². The number of hydrogen-bond acceptors (Lipinski definition) is 6. The van der Waals surface area contributed by atoms with E-state index >= 15 is 0 Å². The molecule has 108 valence electrons. The molecular weight excluding hydrogens is 288 g/mol. The van der Waals surface area contributed by atoms with E-state index in [0.717, 1.165) is 16.5 Å². The third kappa shape index (κ3) is 2.91. The Morgan fingerprint density at radius 1 is 1.38 bits per heavy atom. The van der Waals surface area contributed by atoms with Gasteiger partial charge in [-0.05, 0) is 12.1 Å². The van der Waals surface area contributed by atoms with Crippen LogP contribution in [0.1, 0.15) is 21.3 Å². The Labute approximate surface area is 124 Å². The van der Waals surface area contributed by atoms with E-state index in [1.54, 1.807) is 5.38 Å². The number of amides is 1. The Balaban J connectivity index is 1.59. The molecule has 0 aliphatic rings. The average Bonchev–Trinajstić information content (AvgIpc) is 3.14. The second kappa shape index (κ2) is 5.98. The van der Waals surface area contributed by atoms with Crippen LogP contribution in [0.25, 0.3) is 5.65 Å². The van der Waals surface area contributed by atoms with Crippen molar-refractivity contribution in [1.82, 2.24) is 24.9 Å². The number of hydrogen-bond donors (Lipinski definition) is 2. The summed E-state index contributed by atoms with van der Waals surface area (Å²) >= 11 is 1.39. The fourth-order valence-electron chi connectivity index (χ4n) is 1.95. The van der Waals surface area contributed by atoms with Gasteiger partial charge in [-0.3, -0.25) is 9.20 Å². The van der Waals surface area contributed by atoms with Gasteiger partial charge >= 0.3 is 0 Å². The topological polar surface area (TPSA) is 98.2 Å². The van der Waals surface area contributed by atoms with Crippen molar-refractivity contribution in [1.29, 1.82) is 0 Å². The Kier molecular flexibility index (Phi) is 3.89. The van der Waals surface area contributed by atoms with Crippen LogP contribution in [0.2, 0.25) is 0 Å². The van der Waals surface area contributed by atoms with E-state index in [0.29, 0.717) is 25.2 Å². The molecule has 3 aromatic rings. The van der Waals surface area contributed by atoms with Gasteiger partial charge in [0.25, 0.3) is 5.91 Å². The Hall–Kier alpha value is -2.32. The Morgan fingerprint density at radius 3 is 3.10 bits per heavy atom. The Morgan fingerprint density at radius 2 is 2.29 bits per heavy atom. The number of aromatic nitrogens is 4. The molecule has 0 unspecified atom stereocenters. The number of pyridine rings is 1. The first-order valence-electron chi connectivity index (χ1n) is 6.49. The molecule has 0 fully saturated rings. The molecule has 1 amide bonds. The summed E-state index contributed by atoms with van der Waals surface area (Å²) in [6.07, 6.45) is 2.51. The molecule has 21 heavy (non-hydrogen) atoms. The highest BCUT2D eigenvalue weighted by Crippen LogP contribution is 2.08. The lowest BCUT2D eigenvalue weighted by Crippen LogP contribution is -2.26. The van der Waals surface area contributed by atoms with Crippen LogP contribution in [0, 0.1) is 0 Å². The maximum absolute atomic E-state index is 11.9. The number of carbonyl (C=O) groups excluding carboxylic acids is 1. The van der Waals surface area contributed by atoms with Crippen molar-refractivity contribution < 1.29 is 4.79 Å². The van der Waals surface area contributed by atoms with Crippen molar-refractivity contribution in [3.63, 3.8) is 0 Å². The van der Waals surface area contributed by atoms with Crippen LogP contribution in [-0.2, 0) is 13.0 Å². The smallest absolute Gasteiger partial charge is 0.270 e. The number of nitrogens with one attached hydrogen (secondary N) is 1. The number of fused-ring (bicyclic) bond motifs is 1. The first-order chi connectivity index (χ1) is 10.3. The number of rotatable bonds is 5. The van der Waals surface area contributed by atoms with Crippen LogP contribution in [0.5, 0.6) is 0 Å². The summed E-state index contributed by atoms with van der Waals surface area (Å²) in [6, 6.07) is 5.72. The molecule has 3 N–H and O–H groups in total. The van der Waals surface area contributed by atoms with Crippen molar-refractivity contribution in [2.45, 2.75) is 13.0 Å². The van der Waals surface area contributed by atoms with Gasteiger partial charge in [0, 0.05) is 31.1 Å². The summed E-state index contributed by atoms with van der Waals surface area (Å²) in [5.41, 5.74) is 6.68. The molecule has 0 aromatic carbocycles. The van der Waals surface area contributed by atoms with Crippen LogP contribution < -0.4 is 11.1 Å². The number of thiazole rings is 1. The summed E-state index contributed by atoms with van der Waals surface area (Å²) in [6.45, 7) is 0.827. The van der Waals surface area contributed by atoms with Gasteiger partial charge in [-0.25, -0.2) is 4.98 Å². The van der Waals surface area contributed by atoms with Gasteiger partial charge in [-0.15, -0.1) is 21.5 Å². The molecule has 0 aliphatic heterocycles. The van der Waals surface area contributed by atoms with Crippen molar-refractivity contribution in [3.8, 4) is 0 Å². The average molecular weight is 302 g/mol. The summed E-state index contributed by atoms with van der Waals surface area (Å²) in [5, 5.41) is 13.5. The van der Waals surface area contributed by atoms with E-state index in [4.69, 9.17) is 5.73 Å². The summed E-state index contributed by atoms with van der Waals surface area (Å²) < 4.78 is 1.90. The zero-order valence-electron chi connectivity index (χ0n) is 11.2. The molecule has 0 bridgehead atoms. The molecular formula is C13H14N6OS. The van der Waals surface area contributed by atoms with E-state index in [1.165, 1.54) is 11.3 Å². The number of nitrogens with zero attached hydrogens (tertiary/aromatic N) is 4. The second-order valence-electron chi connectivity index (χ2n) is 4.38. The highest BCUT2D eigenvalue weighted by Gasteiger charge is 2.10. The fraction of sp³-hybridized carbons (Fsp3) is 0.231. The standard InChI is InChI=1S/C13H14N6OS/c14-7-12-16-9(8-21-12)13(20)15-5-4-11-18-17-10-3-1-2-6-19(10)11/h1-3,6,8H,4-5,7,14H2,(H,15,20). The molecule has 0 saturated carbocycles. The summed E-state index contributed by atoms with van der Waals surface area (Å²) in [7, 11) is 0. The predicted molar refractivity (Wildman–Crippen MR) is 79.0 cm³/mol. The SMILES string of the molecule is NCc1nc(C(=O)NCCc2nnc3ccccn23)cs1. The minimum atomic E-state index is -0.195. The maximum Gasteiger partial charge on any atom is 0.270 e. The van der Waals surface area contributed by atoms with Gasteiger partial charge in [0.05, 0.1) is 0 Å². The third-order valence-electron chi connectivity index (χ3n) is 2.98. The van der Waals surface area contributed by atoms with Crippen molar-refractivity contribution >= 4 is 22.9 Å². The van der Waals surface area contributed by atoms with Gasteiger partial charge < -0.3 is 11.1 Å². The summed E-state index contributed by atoms with van der Waals surface area (Å²) in [5.74, 6) is 0.617. The maximum atomic E-state index is 11.9. The van der Waals surface area contributed by atoms with Gasteiger partial charge in [-0.1, -0.05) is 6.07 Å². The highest BCUT2D eigenvalue weighted by molar-refractivity contribution is 7.09. The lowest BCUT2D eigenvalue weighted by molar-refractivity contribution is 0.0949. The van der Waals surface area contributed by atoms with E-state index in [2.05, 4.69) is 20.5 Å². The number of nitrogens with two attached hydrogens (primary N) is 1. The fourth-order valence-corrected chi connectivity index (χ4v) is 2.60. The quantitative estimate of drug-likeness (QED) is 0.720. The molecule has 7 nitrogen and oxygen atoms in total. The third-order valence-corrected chi connectivity index (χ3v) is 3.85. The molecule has 0 atom stereocenters. The van der Waals surface area contributed by atoms with Gasteiger partial charge in [0.2, 0.25) is 0 Å². The lowest BCUT2D eigenvalue weighted by atomic mass is 10.3. The van der Waals surface area contributed by atoms with Gasteiger partial charge in [0.1, 0.15) is 16.5 Å². The minimum absolute atomic E-state index is 0.195. The molecule has 8 heteroatoms. The molecule has 3 aromatic heterocycles. The second-order valence-corrected chi connectivity index (χ2v) is 5.32. The van der Waals surface area contributed by atoms with Crippen LogP contribution in [0.3, 0.4) is 0 Å². The molecule has 0 radical (unpaired) electrons. The minimum Gasteiger partial charge on any atom is -0.350 e. The zero-order valence-corrected chi connectivity index (χ0v) is 12.0. The molecule has 0 saturated heterocycles. The molecule has 0 aliphatic carbocycles. The molecule has 3 heterocycles. The van der Waals surface area contributed by atoms with Gasteiger partial charge in [-0.2, -0.15) is 0 Å². The van der Waals surface area contributed by atoms with E-state index in [-0.39, 0.29) is 5.91 Å². The molecule has 3 rings (SSSR count). The number of carbonyl (C=O) groups is 1. The first-order valence-corrected chi connectivity index (χ1v) is 7.37. The first kappa shape index (κ1) is 13.7. The van der Waals surface area contributed by atoms with Crippen molar-refractivity contribution in [3.05, 3.63) is 46.3 Å². The normalized spacial score (nSPS) is 10.9. The summed E-state index contributed by atoms with van der Waals surface area (Å²) in [4.78, 5) is 16.1. The zero-order chi connectivity index (χ0) is 14.7. The lowest BCUT2D eigenvalue weighted by Gasteiger charge is -2.02. The van der Waals surface area contributed by atoms with E-state index < -0.39 is 0 Å². The van der Waals surface area contributed by atoms with E-state index in [9.17, 15) is 4.79 Å². The Bertz CT molecular complexity index is 765. The van der Waals surface area contributed by atoms with Crippen molar-refractivity contribution in [2.75, 3.05) is 6.54 Å².